The van der Waals surface area contributed by atoms with Crippen LogP contribution in [0.1, 0.15) is 15.9 Å². The van der Waals surface area contributed by atoms with Gasteiger partial charge in [0, 0.05) is 21.7 Å². The van der Waals surface area contributed by atoms with Gasteiger partial charge in [0.2, 0.25) is 5.91 Å². The molecule has 168 valence electrons. The highest BCUT2D eigenvalue weighted by Gasteiger charge is 2.16. The van der Waals surface area contributed by atoms with Crippen LogP contribution in [-0.2, 0) is 9.59 Å². The van der Waals surface area contributed by atoms with E-state index >= 15 is 0 Å². The van der Waals surface area contributed by atoms with Crippen molar-refractivity contribution in [3.8, 4) is 5.75 Å². The van der Waals surface area contributed by atoms with Crippen LogP contribution in [-0.4, -0.2) is 30.6 Å². The predicted octanol–water partition coefficient (Wildman–Crippen LogP) is 3.68. The minimum absolute atomic E-state index is 0.0560. The molecule has 3 aromatic rings. The summed E-state index contributed by atoms with van der Waals surface area (Å²) in [5.74, 6) is -0.582. The number of para-hydroxylation sites is 1. The first-order valence-corrected chi connectivity index (χ1v) is 11.0. The zero-order valence-corrected chi connectivity index (χ0v) is 18.7. The Hall–Kier alpha value is -4.04. The predicted molar refractivity (Wildman–Crippen MR) is 130 cm³/mol. The molecule has 0 aromatic heterocycles. The Morgan fingerprint density at radius 3 is 2.27 bits per heavy atom. The van der Waals surface area contributed by atoms with Gasteiger partial charge in [-0.3, -0.25) is 14.4 Å². The molecule has 0 aliphatic rings. The van der Waals surface area contributed by atoms with Gasteiger partial charge in [-0.25, -0.2) is 0 Å². The number of benzene rings is 3. The minimum atomic E-state index is -0.497. The number of amides is 3. The summed E-state index contributed by atoms with van der Waals surface area (Å²) in [7, 11) is 1.53. The van der Waals surface area contributed by atoms with E-state index in [1.165, 1.54) is 18.9 Å². The van der Waals surface area contributed by atoms with Gasteiger partial charge in [-0.2, -0.15) is 0 Å². The van der Waals surface area contributed by atoms with Gasteiger partial charge in [-0.15, -0.1) is 11.8 Å². The van der Waals surface area contributed by atoms with Crippen molar-refractivity contribution < 1.29 is 19.1 Å². The van der Waals surface area contributed by atoms with Crippen LogP contribution in [0.4, 0.5) is 5.69 Å². The van der Waals surface area contributed by atoms with Crippen molar-refractivity contribution in [3.63, 3.8) is 0 Å². The average molecular weight is 462 g/mol. The third-order valence-corrected chi connectivity index (χ3v) is 5.50. The number of thioether (sulfide) groups is 1. The fourth-order valence-electron chi connectivity index (χ4n) is 2.87. The molecular weight excluding hydrogens is 438 g/mol. The van der Waals surface area contributed by atoms with Crippen molar-refractivity contribution in [1.29, 1.82) is 0 Å². The second-order valence-corrected chi connectivity index (χ2v) is 7.90. The van der Waals surface area contributed by atoms with Crippen molar-refractivity contribution in [3.05, 3.63) is 95.7 Å². The lowest BCUT2D eigenvalue weighted by molar-refractivity contribution is -0.115. The first-order valence-electron chi connectivity index (χ1n) is 10.00. The van der Waals surface area contributed by atoms with Crippen LogP contribution >= 0.6 is 11.8 Å². The number of anilines is 1. The molecule has 0 bridgehead atoms. The van der Waals surface area contributed by atoms with E-state index in [2.05, 4.69) is 10.6 Å². The van der Waals surface area contributed by atoms with Crippen molar-refractivity contribution in [2.24, 2.45) is 5.73 Å². The van der Waals surface area contributed by atoms with E-state index < -0.39 is 17.7 Å². The van der Waals surface area contributed by atoms with Crippen LogP contribution in [0.2, 0.25) is 0 Å². The standard InChI is InChI=1S/C25H23N3O4S/c1-32-22-10-6-5-9-18(22)15-21(28-24(30)17-7-3-2-4-8-17)25(31)27-19-11-13-20(14-12-19)33-16-23(26)29/h2-15H,16H2,1H3,(H2,26,29)(H,27,31)(H,28,30)/b21-15-. The van der Waals surface area contributed by atoms with Crippen LogP contribution in [0.25, 0.3) is 6.08 Å². The molecule has 3 aromatic carbocycles. The van der Waals surface area contributed by atoms with Crippen LogP contribution < -0.4 is 21.1 Å². The van der Waals surface area contributed by atoms with Gasteiger partial charge in [0.15, 0.2) is 0 Å². The molecule has 4 N–H and O–H groups in total. The highest BCUT2D eigenvalue weighted by Crippen LogP contribution is 2.22. The molecule has 0 saturated heterocycles. The Morgan fingerprint density at radius 1 is 0.939 bits per heavy atom. The van der Waals surface area contributed by atoms with Crippen LogP contribution in [0, 0.1) is 0 Å². The molecule has 7 nitrogen and oxygen atoms in total. The number of carbonyl (C=O) groups excluding carboxylic acids is 3. The number of hydrogen-bond acceptors (Lipinski definition) is 5. The van der Waals surface area contributed by atoms with E-state index in [4.69, 9.17) is 10.5 Å². The second kappa shape index (κ2) is 11.5. The molecule has 0 radical (unpaired) electrons. The maximum absolute atomic E-state index is 13.1. The second-order valence-electron chi connectivity index (χ2n) is 6.85. The fourth-order valence-corrected chi connectivity index (χ4v) is 3.51. The maximum Gasteiger partial charge on any atom is 0.272 e. The summed E-state index contributed by atoms with van der Waals surface area (Å²) in [6, 6.07) is 22.8. The number of carbonyl (C=O) groups is 3. The highest BCUT2D eigenvalue weighted by molar-refractivity contribution is 8.00. The summed E-state index contributed by atoms with van der Waals surface area (Å²) in [5, 5.41) is 5.48. The van der Waals surface area contributed by atoms with Gasteiger partial charge in [0.05, 0.1) is 12.9 Å². The Morgan fingerprint density at radius 2 is 1.61 bits per heavy atom. The third-order valence-electron chi connectivity index (χ3n) is 4.46. The SMILES string of the molecule is COc1ccccc1/C=C(\NC(=O)c1ccccc1)C(=O)Nc1ccc(SCC(N)=O)cc1. The zero-order valence-electron chi connectivity index (χ0n) is 17.9. The van der Waals surface area contributed by atoms with Crippen molar-refractivity contribution in [1.82, 2.24) is 5.32 Å². The van der Waals surface area contributed by atoms with Gasteiger partial charge in [-0.1, -0.05) is 36.4 Å². The highest BCUT2D eigenvalue weighted by atomic mass is 32.2. The number of methoxy groups -OCH3 is 1. The van der Waals surface area contributed by atoms with E-state index in [1.807, 2.05) is 12.1 Å². The largest absolute Gasteiger partial charge is 0.496 e. The van der Waals surface area contributed by atoms with Gasteiger partial charge >= 0.3 is 0 Å². The molecule has 0 aliphatic carbocycles. The number of rotatable bonds is 9. The molecule has 0 unspecified atom stereocenters. The molecule has 0 saturated carbocycles. The van der Waals surface area contributed by atoms with Crippen LogP contribution in [0.15, 0.2) is 89.5 Å². The lowest BCUT2D eigenvalue weighted by atomic mass is 10.1. The van der Waals surface area contributed by atoms with Gasteiger partial charge in [0.1, 0.15) is 11.4 Å². The quantitative estimate of drug-likeness (QED) is 0.333. The Labute approximate surface area is 196 Å². The van der Waals surface area contributed by atoms with Crippen molar-refractivity contribution in [2.75, 3.05) is 18.2 Å². The molecule has 33 heavy (non-hydrogen) atoms. The molecule has 0 fully saturated rings. The molecular formula is C25H23N3O4S. The van der Waals surface area contributed by atoms with Gasteiger partial charge in [0.25, 0.3) is 11.8 Å². The molecule has 0 aliphatic heterocycles. The summed E-state index contributed by atoms with van der Waals surface area (Å²) in [6.45, 7) is 0. The Balaban J connectivity index is 1.83. The Kier molecular flexibility index (Phi) is 8.26. The molecule has 0 atom stereocenters. The molecule has 0 spiro atoms. The topological polar surface area (TPSA) is 111 Å². The first-order chi connectivity index (χ1) is 16.0. The van der Waals surface area contributed by atoms with Crippen LogP contribution in [0.5, 0.6) is 5.75 Å². The number of ether oxygens (including phenoxy) is 1. The minimum Gasteiger partial charge on any atom is -0.496 e. The molecule has 3 rings (SSSR count). The Bertz CT molecular complexity index is 1160. The number of hydrogen-bond donors (Lipinski definition) is 3. The molecule has 8 heteroatoms. The van der Waals surface area contributed by atoms with Crippen molar-refractivity contribution >= 4 is 41.2 Å². The summed E-state index contributed by atoms with van der Waals surface area (Å²) in [6.07, 6.45) is 1.56. The van der Waals surface area contributed by atoms with Gasteiger partial charge < -0.3 is 21.1 Å². The summed E-state index contributed by atoms with van der Waals surface area (Å²) in [4.78, 5) is 37.6. The van der Waals surface area contributed by atoms with E-state index in [0.29, 0.717) is 22.6 Å². The lowest BCUT2D eigenvalue weighted by Crippen LogP contribution is -2.30. The zero-order chi connectivity index (χ0) is 23.6. The first kappa shape index (κ1) is 23.6. The summed E-state index contributed by atoms with van der Waals surface area (Å²) >= 11 is 1.30. The maximum atomic E-state index is 13.1. The van der Waals surface area contributed by atoms with E-state index in [1.54, 1.807) is 72.8 Å². The van der Waals surface area contributed by atoms with Crippen molar-refractivity contribution in [2.45, 2.75) is 4.90 Å². The monoisotopic (exact) mass is 461 g/mol. The normalized spacial score (nSPS) is 10.9. The lowest BCUT2D eigenvalue weighted by Gasteiger charge is -2.13. The fraction of sp³-hybridized carbons (Fsp3) is 0.0800. The summed E-state index contributed by atoms with van der Waals surface area (Å²) < 4.78 is 5.36. The number of nitrogens with two attached hydrogens (primary N) is 1. The third kappa shape index (κ3) is 6.98. The van der Waals surface area contributed by atoms with Crippen LogP contribution in [0.3, 0.4) is 0 Å². The van der Waals surface area contributed by atoms with Gasteiger partial charge in [-0.05, 0) is 48.5 Å². The smallest absolute Gasteiger partial charge is 0.272 e. The van der Waals surface area contributed by atoms with E-state index in [9.17, 15) is 14.4 Å². The van der Waals surface area contributed by atoms with E-state index in [0.717, 1.165) is 4.90 Å². The average Bonchev–Trinajstić information content (AvgIpc) is 2.84. The summed E-state index contributed by atoms with van der Waals surface area (Å²) in [5.41, 5.74) is 6.81. The number of primary amides is 1. The molecule has 0 heterocycles. The van der Waals surface area contributed by atoms with E-state index in [-0.39, 0.29) is 11.4 Å². The molecule has 3 amide bonds. The number of nitrogens with one attached hydrogen (secondary N) is 2.